The molecule has 1 rings (SSSR count). The van der Waals surface area contributed by atoms with Crippen LogP contribution >= 0.6 is 0 Å². The Bertz CT molecular complexity index is 359. The van der Waals surface area contributed by atoms with Gasteiger partial charge in [0.05, 0.1) is 5.92 Å². The predicted molar refractivity (Wildman–Crippen MR) is 65.3 cm³/mol. The van der Waals surface area contributed by atoms with Gasteiger partial charge in [-0.15, -0.1) is 0 Å². The van der Waals surface area contributed by atoms with Crippen LogP contribution in [0.2, 0.25) is 0 Å². The molecule has 2 atom stereocenters. The third-order valence-corrected chi connectivity index (χ3v) is 3.12. The number of carboxylic acid groups (broad SMARTS) is 1. The quantitative estimate of drug-likeness (QED) is 0.823. The van der Waals surface area contributed by atoms with Crippen LogP contribution in [0, 0.1) is 17.7 Å². The van der Waals surface area contributed by atoms with E-state index in [-0.39, 0.29) is 11.7 Å². The highest BCUT2D eigenvalue weighted by atomic mass is 19.1. The summed E-state index contributed by atoms with van der Waals surface area (Å²) >= 11 is 0. The molecule has 94 valence electrons. The van der Waals surface area contributed by atoms with Crippen molar-refractivity contribution < 1.29 is 14.3 Å². The van der Waals surface area contributed by atoms with Crippen LogP contribution in [-0.4, -0.2) is 11.1 Å². The molecule has 2 nitrogen and oxygen atoms in total. The van der Waals surface area contributed by atoms with Gasteiger partial charge in [0.15, 0.2) is 0 Å². The van der Waals surface area contributed by atoms with Crippen molar-refractivity contribution in [1.82, 2.24) is 0 Å². The van der Waals surface area contributed by atoms with Gasteiger partial charge in [0.1, 0.15) is 5.82 Å². The van der Waals surface area contributed by atoms with Crippen molar-refractivity contribution in [2.75, 3.05) is 0 Å². The van der Waals surface area contributed by atoms with Gasteiger partial charge in [-0.2, -0.15) is 0 Å². The van der Waals surface area contributed by atoms with E-state index < -0.39 is 5.97 Å². The minimum atomic E-state index is -0.748. The smallest absolute Gasteiger partial charge is 0.306 e. The fourth-order valence-electron chi connectivity index (χ4n) is 1.95. The minimum Gasteiger partial charge on any atom is -0.481 e. The van der Waals surface area contributed by atoms with Gasteiger partial charge in [-0.1, -0.05) is 32.4 Å². The first kappa shape index (κ1) is 13.7. The van der Waals surface area contributed by atoms with E-state index >= 15 is 0 Å². The van der Waals surface area contributed by atoms with Crippen LogP contribution < -0.4 is 0 Å². The molecule has 1 aromatic rings. The van der Waals surface area contributed by atoms with Crippen molar-refractivity contribution in [3.63, 3.8) is 0 Å². The number of aliphatic carboxylic acids is 1. The van der Waals surface area contributed by atoms with Crippen LogP contribution in [0.15, 0.2) is 24.3 Å². The van der Waals surface area contributed by atoms with Gasteiger partial charge in [-0.3, -0.25) is 4.79 Å². The lowest BCUT2D eigenvalue weighted by molar-refractivity contribution is -0.141. The van der Waals surface area contributed by atoms with Crippen molar-refractivity contribution in [2.24, 2.45) is 11.8 Å². The highest BCUT2D eigenvalue weighted by Crippen LogP contribution is 2.20. The maximum Gasteiger partial charge on any atom is 0.306 e. The molecule has 0 aliphatic carbocycles. The van der Waals surface area contributed by atoms with Gasteiger partial charge in [0.2, 0.25) is 0 Å². The Hall–Kier alpha value is -1.38. The number of carboxylic acids is 1. The Balaban J connectivity index is 2.57. The molecular formula is C14H19FO2. The molecule has 0 heterocycles. The number of rotatable bonds is 6. The molecule has 1 N–H and O–H groups in total. The second-order valence-electron chi connectivity index (χ2n) is 4.58. The Morgan fingerprint density at radius 3 is 2.41 bits per heavy atom. The molecule has 0 radical (unpaired) electrons. The molecule has 2 unspecified atom stereocenters. The zero-order chi connectivity index (χ0) is 12.8. The molecule has 0 aromatic heterocycles. The van der Waals surface area contributed by atoms with Crippen LogP contribution in [0.1, 0.15) is 32.3 Å². The number of hydrogen-bond donors (Lipinski definition) is 1. The van der Waals surface area contributed by atoms with E-state index in [2.05, 4.69) is 6.92 Å². The summed E-state index contributed by atoms with van der Waals surface area (Å²) in [5.74, 6) is -0.963. The first-order chi connectivity index (χ1) is 8.02. The van der Waals surface area contributed by atoms with Crippen molar-refractivity contribution in [3.8, 4) is 0 Å². The molecule has 0 spiro atoms. The molecule has 0 amide bonds. The fraction of sp³-hybridized carbons (Fsp3) is 0.500. The van der Waals surface area contributed by atoms with Crippen molar-refractivity contribution in [3.05, 3.63) is 35.6 Å². The number of hydrogen-bond acceptors (Lipinski definition) is 1. The summed E-state index contributed by atoms with van der Waals surface area (Å²) in [6.45, 7) is 3.79. The van der Waals surface area contributed by atoms with Gasteiger partial charge < -0.3 is 5.11 Å². The van der Waals surface area contributed by atoms with E-state index in [0.717, 1.165) is 18.4 Å². The first-order valence-corrected chi connectivity index (χ1v) is 6.00. The summed E-state index contributed by atoms with van der Waals surface area (Å²) in [6, 6.07) is 6.43. The number of halogens is 1. The molecule has 0 fully saturated rings. The Labute approximate surface area is 101 Å². The van der Waals surface area contributed by atoms with E-state index in [1.165, 1.54) is 12.1 Å². The Kier molecular flexibility index (Phi) is 5.13. The maximum absolute atomic E-state index is 12.7. The minimum absolute atomic E-state index is 0.235. The monoisotopic (exact) mass is 238 g/mol. The number of carbonyl (C=O) groups is 1. The lowest BCUT2D eigenvalue weighted by atomic mass is 9.88. The zero-order valence-electron chi connectivity index (χ0n) is 10.3. The summed E-state index contributed by atoms with van der Waals surface area (Å²) in [5, 5.41) is 8.88. The highest BCUT2D eigenvalue weighted by Gasteiger charge is 2.17. The van der Waals surface area contributed by atoms with E-state index in [1.54, 1.807) is 19.1 Å². The Morgan fingerprint density at radius 2 is 1.94 bits per heavy atom. The van der Waals surface area contributed by atoms with Gasteiger partial charge in [0.25, 0.3) is 0 Å². The van der Waals surface area contributed by atoms with Gasteiger partial charge >= 0.3 is 5.97 Å². The zero-order valence-corrected chi connectivity index (χ0v) is 10.3. The second kappa shape index (κ2) is 6.38. The standard InChI is InChI=1S/C14H19FO2/c1-3-11(8-10(2)14(16)17)9-12-4-6-13(15)7-5-12/h4-7,10-11H,3,8-9H2,1-2H3,(H,16,17). The lowest BCUT2D eigenvalue weighted by Crippen LogP contribution is -2.16. The van der Waals surface area contributed by atoms with Crippen molar-refractivity contribution in [2.45, 2.75) is 33.1 Å². The van der Waals surface area contributed by atoms with Crippen LogP contribution in [0.5, 0.6) is 0 Å². The second-order valence-corrected chi connectivity index (χ2v) is 4.58. The van der Waals surface area contributed by atoms with Crippen LogP contribution in [0.25, 0.3) is 0 Å². The summed E-state index contributed by atoms with van der Waals surface area (Å²) in [7, 11) is 0. The SMILES string of the molecule is CCC(Cc1ccc(F)cc1)CC(C)C(=O)O. The van der Waals surface area contributed by atoms with Crippen LogP contribution in [-0.2, 0) is 11.2 Å². The van der Waals surface area contributed by atoms with Crippen LogP contribution in [0.3, 0.4) is 0 Å². The average Bonchev–Trinajstić information content (AvgIpc) is 2.30. The molecular weight excluding hydrogens is 219 g/mol. The molecule has 3 heteroatoms. The third-order valence-electron chi connectivity index (χ3n) is 3.12. The number of benzene rings is 1. The molecule has 0 saturated heterocycles. The molecule has 0 bridgehead atoms. The predicted octanol–water partition coefficient (Wildman–Crippen LogP) is 3.51. The third kappa shape index (κ3) is 4.55. The molecule has 17 heavy (non-hydrogen) atoms. The first-order valence-electron chi connectivity index (χ1n) is 6.00. The van der Waals surface area contributed by atoms with Gasteiger partial charge in [-0.05, 0) is 36.5 Å². The van der Waals surface area contributed by atoms with Crippen LogP contribution in [0.4, 0.5) is 4.39 Å². The van der Waals surface area contributed by atoms with Gasteiger partial charge in [0, 0.05) is 0 Å². The largest absolute Gasteiger partial charge is 0.481 e. The summed E-state index contributed by atoms with van der Waals surface area (Å²) < 4.78 is 12.7. The molecule has 1 aromatic carbocycles. The highest BCUT2D eigenvalue weighted by molar-refractivity contribution is 5.69. The Morgan fingerprint density at radius 1 is 1.35 bits per heavy atom. The van der Waals surface area contributed by atoms with Crippen molar-refractivity contribution >= 4 is 5.97 Å². The molecule has 0 aliphatic heterocycles. The fourth-order valence-corrected chi connectivity index (χ4v) is 1.95. The summed E-state index contributed by atoms with van der Waals surface area (Å²) in [5.41, 5.74) is 1.07. The molecule has 0 saturated carbocycles. The van der Waals surface area contributed by atoms with E-state index in [4.69, 9.17) is 5.11 Å². The lowest BCUT2D eigenvalue weighted by Gasteiger charge is -2.17. The van der Waals surface area contributed by atoms with Gasteiger partial charge in [-0.25, -0.2) is 4.39 Å². The van der Waals surface area contributed by atoms with Crippen molar-refractivity contribution in [1.29, 1.82) is 0 Å². The topological polar surface area (TPSA) is 37.3 Å². The summed E-state index contributed by atoms with van der Waals surface area (Å²) in [4.78, 5) is 10.8. The molecule has 0 aliphatic rings. The maximum atomic E-state index is 12.7. The van der Waals surface area contributed by atoms with E-state index in [9.17, 15) is 9.18 Å². The van der Waals surface area contributed by atoms with E-state index in [1.807, 2.05) is 0 Å². The normalized spacial score (nSPS) is 14.3. The average molecular weight is 238 g/mol. The van der Waals surface area contributed by atoms with E-state index in [0.29, 0.717) is 12.3 Å². The summed E-state index contributed by atoms with van der Waals surface area (Å²) in [6.07, 6.45) is 2.42.